The van der Waals surface area contributed by atoms with Crippen molar-refractivity contribution >= 4 is 39.9 Å². The molecule has 2 amide bonds. The van der Waals surface area contributed by atoms with Gasteiger partial charge in [-0.3, -0.25) is 14.9 Å². The number of hydrogen-bond acceptors (Lipinski definition) is 4. The molecule has 2 N–H and O–H groups in total. The van der Waals surface area contributed by atoms with Crippen molar-refractivity contribution in [3.05, 3.63) is 11.1 Å². The fourth-order valence-electron chi connectivity index (χ4n) is 0.914. The van der Waals surface area contributed by atoms with Crippen LogP contribution >= 0.6 is 22.9 Å². The fraction of sp³-hybridized carbons (Fsp3) is 0.444. The first kappa shape index (κ1) is 12.9. The van der Waals surface area contributed by atoms with Crippen LogP contribution in [0.5, 0.6) is 0 Å². The van der Waals surface area contributed by atoms with Gasteiger partial charge in [0.25, 0.3) is 0 Å². The predicted molar refractivity (Wildman–Crippen MR) is 63.8 cm³/mol. The van der Waals surface area contributed by atoms with Gasteiger partial charge in [0.05, 0.1) is 5.69 Å². The van der Waals surface area contributed by atoms with E-state index in [1.165, 1.54) is 11.3 Å². The summed E-state index contributed by atoms with van der Waals surface area (Å²) in [4.78, 5) is 26.6. The van der Waals surface area contributed by atoms with Gasteiger partial charge in [-0.05, 0) is 13.3 Å². The number of nitrogens with one attached hydrogen (secondary N) is 2. The number of carbonyl (C=O) groups excluding carboxylic acids is 2. The second-order valence-corrected chi connectivity index (χ2v) is 4.28. The summed E-state index contributed by atoms with van der Waals surface area (Å²) in [5.41, 5.74) is 0.808. The Labute approximate surface area is 102 Å². The first-order chi connectivity index (χ1) is 7.63. The minimum Gasteiger partial charge on any atom is -0.348 e. The van der Waals surface area contributed by atoms with Crippen molar-refractivity contribution in [2.75, 3.05) is 17.7 Å². The average molecular weight is 262 g/mol. The van der Waals surface area contributed by atoms with Gasteiger partial charge in [-0.15, -0.1) is 22.9 Å². The molecule has 16 heavy (non-hydrogen) atoms. The van der Waals surface area contributed by atoms with E-state index in [-0.39, 0.29) is 0 Å². The largest absolute Gasteiger partial charge is 0.348 e. The maximum atomic E-state index is 11.3. The standard InChI is InChI=1S/C9H12ClN3O2S/c1-6-5-16-9(12-6)13-8(15)7(14)11-4-2-3-10/h5H,2-4H2,1H3,(H,11,14)(H,12,13,15). The van der Waals surface area contributed by atoms with Gasteiger partial charge in [0.1, 0.15) is 0 Å². The molecule has 0 spiro atoms. The third-order valence-corrected chi connectivity index (χ3v) is 2.78. The number of halogens is 1. The van der Waals surface area contributed by atoms with Crippen molar-refractivity contribution in [3.63, 3.8) is 0 Å². The van der Waals surface area contributed by atoms with Crippen LogP contribution in [0.2, 0.25) is 0 Å². The highest BCUT2D eigenvalue weighted by molar-refractivity contribution is 7.14. The molecule has 7 heteroatoms. The van der Waals surface area contributed by atoms with Gasteiger partial charge >= 0.3 is 11.8 Å². The highest BCUT2D eigenvalue weighted by atomic mass is 35.5. The molecule has 0 aliphatic heterocycles. The second-order valence-electron chi connectivity index (χ2n) is 3.05. The van der Waals surface area contributed by atoms with Crippen LogP contribution in [0, 0.1) is 6.92 Å². The van der Waals surface area contributed by atoms with E-state index in [0.29, 0.717) is 24.0 Å². The van der Waals surface area contributed by atoms with E-state index in [1.54, 1.807) is 5.38 Å². The molecule has 0 aliphatic rings. The maximum Gasteiger partial charge on any atom is 0.315 e. The van der Waals surface area contributed by atoms with Crippen LogP contribution in [0.1, 0.15) is 12.1 Å². The Morgan fingerprint density at radius 1 is 1.50 bits per heavy atom. The summed E-state index contributed by atoms with van der Waals surface area (Å²) < 4.78 is 0. The molecule has 0 saturated heterocycles. The molecule has 0 fully saturated rings. The van der Waals surface area contributed by atoms with Gasteiger partial charge in [-0.1, -0.05) is 0 Å². The minimum atomic E-state index is -0.705. The van der Waals surface area contributed by atoms with E-state index >= 15 is 0 Å². The number of alkyl halides is 1. The van der Waals surface area contributed by atoms with Gasteiger partial charge < -0.3 is 5.32 Å². The number of aromatic nitrogens is 1. The van der Waals surface area contributed by atoms with E-state index in [2.05, 4.69) is 15.6 Å². The van der Waals surface area contributed by atoms with E-state index in [0.717, 1.165) is 5.69 Å². The third kappa shape index (κ3) is 4.16. The topological polar surface area (TPSA) is 71.1 Å². The first-order valence-electron chi connectivity index (χ1n) is 4.70. The van der Waals surface area contributed by atoms with Crippen molar-refractivity contribution in [1.29, 1.82) is 0 Å². The zero-order valence-corrected chi connectivity index (χ0v) is 10.3. The molecule has 0 saturated carbocycles. The monoisotopic (exact) mass is 261 g/mol. The van der Waals surface area contributed by atoms with Crippen LogP contribution < -0.4 is 10.6 Å². The molecule has 0 unspecified atom stereocenters. The zero-order valence-electron chi connectivity index (χ0n) is 8.75. The number of amides is 2. The Morgan fingerprint density at radius 3 is 2.81 bits per heavy atom. The Kier molecular flexibility index (Phi) is 5.21. The van der Waals surface area contributed by atoms with Gasteiger partial charge in [0.2, 0.25) is 0 Å². The average Bonchev–Trinajstić information content (AvgIpc) is 2.64. The van der Waals surface area contributed by atoms with Crippen LogP contribution in [0.25, 0.3) is 0 Å². The highest BCUT2D eigenvalue weighted by Crippen LogP contribution is 2.13. The summed E-state index contributed by atoms with van der Waals surface area (Å²) >= 11 is 6.72. The van der Waals surface area contributed by atoms with E-state index in [1.807, 2.05) is 6.92 Å². The molecule has 0 radical (unpaired) electrons. The number of aryl methyl sites for hydroxylation is 1. The maximum absolute atomic E-state index is 11.3. The van der Waals surface area contributed by atoms with Crippen molar-refractivity contribution in [3.8, 4) is 0 Å². The molecule has 1 aromatic rings. The number of nitrogens with zero attached hydrogens (tertiary/aromatic N) is 1. The number of hydrogen-bond donors (Lipinski definition) is 2. The third-order valence-electron chi connectivity index (χ3n) is 1.64. The van der Waals surface area contributed by atoms with Gasteiger partial charge in [-0.2, -0.15) is 0 Å². The molecule has 0 bridgehead atoms. The second kappa shape index (κ2) is 6.44. The number of carbonyl (C=O) groups is 2. The molecule has 0 aromatic carbocycles. The lowest BCUT2D eigenvalue weighted by molar-refractivity contribution is -0.136. The molecular formula is C9H12ClN3O2S. The lowest BCUT2D eigenvalue weighted by Gasteiger charge is -2.02. The molecule has 5 nitrogen and oxygen atoms in total. The summed E-state index contributed by atoms with van der Waals surface area (Å²) in [6.07, 6.45) is 0.636. The SMILES string of the molecule is Cc1csc(NC(=O)C(=O)NCCCCl)n1. The number of thiazole rings is 1. The molecular weight excluding hydrogens is 250 g/mol. The first-order valence-corrected chi connectivity index (χ1v) is 6.12. The lowest BCUT2D eigenvalue weighted by Crippen LogP contribution is -2.36. The molecule has 1 heterocycles. The summed E-state index contributed by atoms with van der Waals surface area (Å²) in [6, 6.07) is 0. The Hall–Kier alpha value is -1.14. The molecule has 1 aromatic heterocycles. The van der Waals surface area contributed by atoms with Gasteiger partial charge in [0, 0.05) is 17.8 Å². The van der Waals surface area contributed by atoms with Crippen molar-refractivity contribution in [1.82, 2.24) is 10.3 Å². The normalized spacial score (nSPS) is 9.88. The number of rotatable bonds is 4. The predicted octanol–water partition coefficient (Wildman–Crippen LogP) is 1.14. The lowest BCUT2D eigenvalue weighted by atomic mass is 10.4. The summed E-state index contributed by atoms with van der Waals surface area (Å²) in [6.45, 7) is 2.21. The van der Waals surface area contributed by atoms with Crippen molar-refractivity contribution in [2.24, 2.45) is 0 Å². The molecule has 88 valence electrons. The summed E-state index contributed by atoms with van der Waals surface area (Å²) in [5.74, 6) is -0.921. The summed E-state index contributed by atoms with van der Waals surface area (Å²) in [5, 5.41) is 7.08. The van der Waals surface area contributed by atoms with E-state index < -0.39 is 11.8 Å². The fourth-order valence-corrected chi connectivity index (χ4v) is 1.73. The van der Waals surface area contributed by atoms with Crippen LogP contribution in [-0.2, 0) is 9.59 Å². The van der Waals surface area contributed by atoms with Gasteiger partial charge in [0.15, 0.2) is 5.13 Å². The molecule has 0 atom stereocenters. The quantitative estimate of drug-likeness (QED) is 0.485. The van der Waals surface area contributed by atoms with Gasteiger partial charge in [-0.25, -0.2) is 4.98 Å². The van der Waals surface area contributed by atoms with Crippen LogP contribution in [0.3, 0.4) is 0 Å². The van der Waals surface area contributed by atoms with E-state index in [4.69, 9.17) is 11.6 Å². The highest BCUT2D eigenvalue weighted by Gasteiger charge is 2.14. The van der Waals surface area contributed by atoms with Crippen molar-refractivity contribution in [2.45, 2.75) is 13.3 Å². The zero-order chi connectivity index (χ0) is 12.0. The minimum absolute atomic E-state index is 0.395. The Bertz CT molecular complexity index is 381. The Balaban J connectivity index is 2.37. The molecule has 0 aliphatic carbocycles. The molecule has 1 rings (SSSR count). The van der Waals surface area contributed by atoms with Crippen LogP contribution in [-0.4, -0.2) is 29.2 Å². The van der Waals surface area contributed by atoms with E-state index in [9.17, 15) is 9.59 Å². The summed E-state index contributed by atoms with van der Waals surface area (Å²) in [7, 11) is 0. The van der Waals surface area contributed by atoms with Crippen LogP contribution in [0.4, 0.5) is 5.13 Å². The Morgan fingerprint density at radius 2 is 2.25 bits per heavy atom. The smallest absolute Gasteiger partial charge is 0.315 e. The van der Waals surface area contributed by atoms with Crippen molar-refractivity contribution < 1.29 is 9.59 Å². The van der Waals surface area contributed by atoms with Crippen LogP contribution in [0.15, 0.2) is 5.38 Å². The number of anilines is 1.